The van der Waals surface area contributed by atoms with Gasteiger partial charge < -0.3 is 18.6 Å². The Hall–Kier alpha value is -7.86. The zero-order chi connectivity index (χ0) is 65.1. The number of sulfone groups is 1. The van der Waals surface area contributed by atoms with Gasteiger partial charge in [0.15, 0.2) is 11.6 Å². The molecule has 25 heteroatoms. The fourth-order valence-corrected chi connectivity index (χ4v) is 12.3. The van der Waals surface area contributed by atoms with E-state index >= 15 is 0 Å². The topological polar surface area (TPSA) is 165 Å². The van der Waals surface area contributed by atoms with Gasteiger partial charge in [-0.05, 0) is 110 Å². The normalized spacial score (nSPS) is 12.5. The number of halogens is 10. The van der Waals surface area contributed by atoms with Crippen molar-refractivity contribution in [3.05, 3.63) is 291 Å². The van der Waals surface area contributed by atoms with Crippen LogP contribution in [0.3, 0.4) is 0 Å². The monoisotopic (exact) mass is 1360 g/mol. The molecule has 91 heavy (non-hydrogen) atoms. The Labute approximate surface area is 541 Å². The van der Waals surface area contributed by atoms with Gasteiger partial charge in [-0.15, -0.1) is 0 Å². The van der Waals surface area contributed by atoms with Crippen molar-refractivity contribution < 1.29 is 48.4 Å². The van der Waals surface area contributed by atoms with Gasteiger partial charge in [-0.2, -0.15) is 0 Å². The van der Waals surface area contributed by atoms with Crippen molar-refractivity contribution in [1.82, 2.24) is 29.1 Å². The van der Waals surface area contributed by atoms with Gasteiger partial charge in [-0.3, -0.25) is 13.8 Å². The van der Waals surface area contributed by atoms with E-state index in [1.807, 2.05) is 30.3 Å². The largest absolute Gasteiger partial charge is 0.369 e. The zero-order valence-electron chi connectivity index (χ0n) is 48.1. The Morgan fingerprint density at radius 3 is 1.42 bits per heavy atom. The number of hydrogen-bond donors (Lipinski definition) is 0. The molecular weight excluding hydrogens is 1310 g/mol. The lowest BCUT2D eigenvalue weighted by Gasteiger charge is -2.19. The fourth-order valence-electron chi connectivity index (χ4n) is 9.35. The third kappa shape index (κ3) is 18.0. The standard InChI is InChI=1S/C33H26Cl2F3N3O4S.C33H26Cl2F3N3O3S/c1-20-13-30(24-15-29(38)32(42)41(18-24)17-21-7-10-26(34)27(35)14-21)40-33(39-20)46(43,44)12-11-31(22-5-3-2-4-6-22)45-19-23-8-9-25(36)16-28(23)37;1-20-13-30(24-15-29(38)32(42)41(18-24)17-21-7-10-26(34)27(35)14-21)40-33(39-20)45(43)12-11-31(22-5-3-2-4-6-22)44-19-23-8-9-25(36)16-28(23)37/h2-10,13-16,18,31H,11-12,17,19H2,1H3;2-10,13-16,18,31H,11-12,17,19H2,1H3. The highest BCUT2D eigenvalue weighted by Crippen LogP contribution is 2.30. The van der Waals surface area contributed by atoms with Gasteiger partial charge in [0, 0.05) is 63.9 Å². The van der Waals surface area contributed by atoms with Crippen molar-refractivity contribution >= 4 is 67.0 Å². The Morgan fingerprint density at radius 1 is 0.505 bits per heavy atom. The molecule has 13 nitrogen and oxygen atoms in total. The molecule has 0 spiro atoms. The lowest BCUT2D eigenvalue weighted by molar-refractivity contribution is 0.0360. The van der Waals surface area contributed by atoms with Gasteiger partial charge in [0.2, 0.25) is 20.2 Å². The number of aryl methyl sites for hydroxylation is 2. The van der Waals surface area contributed by atoms with E-state index in [1.165, 1.54) is 35.2 Å². The van der Waals surface area contributed by atoms with Crippen LogP contribution in [0.1, 0.15) is 69.8 Å². The second kappa shape index (κ2) is 30.5. The average molecular weight is 1360 g/mol. The van der Waals surface area contributed by atoms with Crippen LogP contribution in [-0.2, 0) is 56.4 Å². The van der Waals surface area contributed by atoms with Gasteiger partial charge in [0.05, 0.1) is 86.5 Å². The quantitative estimate of drug-likeness (QED) is 0.0468. The molecule has 0 radical (unpaired) electrons. The van der Waals surface area contributed by atoms with E-state index in [-0.39, 0.29) is 83.2 Å². The molecule has 0 bridgehead atoms. The maximum absolute atomic E-state index is 14.8. The minimum absolute atomic E-state index is 0.0294. The van der Waals surface area contributed by atoms with Crippen molar-refractivity contribution in [1.29, 1.82) is 0 Å². The second-order valence-corrected chi connectivity index (χ2v) is 25.8. The molecule has 10 rings (SSSR count). The van der Waals surface area contributed by atoms with Crippen LogP contribution in [0.4, 0.5) is 26.3 Å². The molecule has 4 heterocycles. The SMILES string of the molecule is Cc1cc(-c2cc(F)c(=O)n(Cc3ccc(Cl)c(Cl)c3)c2)nc(S(=O)(=O)CCC(OCc2ccc(F)cc2F)c2ccccc2)n1.Cc1cc(-c2cc(F)c(=O)n(Cc3ccc(Cl)c(Cl)c3)c2)nc(S(=O)CCC(OCc2ccc(F)cc2F)c2ccccc2)n1. The predicted octanol–water partition coefficient (Wildman–Crippen LogP) is 15.3. The summed E-state index contributed by atoms with van der Waals surface area (Å²) in [6.45, 7) is 2.93. The molecule has 0 saturated heterocycles. The Bertz CT molecular complexity index is 4560. The van der Waals surface area contributed by atoms with Crippen LogP contribution in [-0.4, -0.2) is 53.2 Å². The molecule has 0 fully saturated rings. The summed E-state index contributed by atoms with van der Waals surface area (Å²) < 4.78 is 140. The van der Waals surface area contributed by atoms with Gasteiger partial charge >= 0.3 is 0 Å². The van der Waals surface area contributed by atoms with E-state index in [9.17, 15) is 48.6 Å². The Kier molecular flexibility index (Phi) is 22.6. The molecule has 0 N–H and O–H groups in total. The summed E-state index contributed by atoms with van der Waals surface area (Å²) in [6.07, 6.45) is 1.77. The molecule has 10 aromatic rings. The lowest BCUT2D eigenvalue weighted by Crippen LogP contribution is -2.23. The molecule has 6 aromatic carbocycles. The highest BCUT2D eigenvalue weighted by atomic mass is 35.5. The van der Waals surface area contributed by atoms with E-state index in [0.29, 0.717) is 48.7 Å². The predicted molar refractivity (Wildman–Crippen MR) is 337 cm³/mol. The first-order valence-corrected chi connectivity index (χ1v) is 32.2. The van der Waals surface area contributed by atoms with Gasteiger partial charge in [0.25, 0.3) is 11.1 Å². The van der Waals surface area contributed by atoms with Crippen molar-refractivity contribution in [2.75, 3.05) is 11.5 Å². The first kappa shape index (κ1) is 67.5. The maximum atomic E-state index is 14.8. The molecule has 0 saturated carbocycles. The average Bonchev–Trinajstić information content (AvgIpc) is 2.11. The van der Waals surface area contributed by atoms with Crippen molar-refractivity contribution in [2.24, 2.45) is 0 Å². The second-order valence-electron chi connectivity index (χ2n) is 20.7. The van der Waals surface area contributed by atoms with Crippen molar-refractivity contribution in [3.8, 4) is 22.5 Å². The first-order valence-electron chi connectivity index (χ1n) is 27.7. The number of benzene rings is 6. The molecule has 0 aliphatic rings. The van der Waals surface area contributed by atoms with Crippen LogP contribution < -0.4 is 11.1 Å². The molecule has 3 atom stereocenters. The fraction of sp³-hybridized carbons (Fsp3) is 0.182. The number of pyridine rings is 2. The molecule has 0 aliphatic carbocycles. The Balaban J connectivity index is 0.000000215. The van der Waals surface area contributed by atoms with Crippen molar-refractivity contribution in [2.45, 2.75) is 75.5 Å². The van der Waals surface area contributed by atoms with Crippen molar-refractivity contribution in [3.63, 3.8) is 0 Å². The highest BCUT2D eigenvalue weighted by Gasteiger charge is 2.25. The summed E-state index contributed by atoms with van der Waals surface area (Å²) in [5.74, 6) is -5.28. The first-order chi connectivity index (χ1) is 43.5. The van der Waals surface area contributed by atoms with Crippen LogP contribution in [0, 0.1) is 48.8 Å². The van der Waals surface area contributed by atoms with Crippen LogP contribution in [0.15, 0.2) is 190 Å². The van der Waals surface area contributed by atoms with Crippen LogP contribution in [0.5, 0.6) is 0 Å². The van der Waals surface area contributed by atoms with E-state index in [1.54, 1.807) is 86.6 Å². The zero-order valence-corrected chi connectivity index (χ0v) is 52.8. The maximum Gasteiger partial charge on any atom is 0.286 e. The molecule has 0 amide bonds. The summed E-state index contributed by atoms with van der Waals surface area (Å²) >= 11 is 24.2. The summed E-state index contributed by atoms with van der Waals surface area (Å²) in [5.41, 5.74) is 2.90. The summed E-state index contributed by atoms with van der Waals surface area (Å²) in [6, 6.07) is 39.2. The number of ether oxygens (including phenoxy) is 2. The molecule has 4 aromatic heterocycles. The van der Waals surface area contributed by atoms with Gasteiger partial charge in [0.1, 0.15) is 23.3 Å². The van der Waals surface area contributed by atoms with E-state index in [2.05, 4.69) is 19.9 Å². The van der Waals surface area contributed by atoms with Crippen LogP contribution in [0.2, 0.25) is 20.1 Å². The molecule has 470 valence electrons. The van der Waals surface area contributed by atoms with Gasteiger partial charge in [-0.25, -0.2) is 54.7 Å². The molecular formula is C66H52Cl4F6N6O7S2. The summed E-state index contributed by atoms with van der Waals surface area (Å²) in [7, 11) is -5.81. The molecule has 3 unspecified atom stereocenters. The number of hydrogen-bond acceptors (Lipinski definition) is 11. The highest BCUT2D eigenvalue weighted by molar-refractivity contribution is 7.91. The lowest BCUT2D eigenvalue weighted by atomic mass is 10.1. The van der Waals surface area contributed by atoms with Crippen LogP contribution >= 0.6 is 46.4 Å². The van der Waals surface area contributed by atoms with E-state index in [4.69, 9.17) is 55.9 Å². The third-order valence-corrected chi connectivity index (χ3v) is 18.2. The number of nitrogens with zero attached hydrogens (tertiary/aromatic N) is 6. The van der Waals surface area contributed by atoms with Crippen LogP contribution in [0.25, 0.3) is 22.5 Å². The number of aromatic nitrogens is 6. The molecule has 0 aliphatic heterocycles. The van der Waals surface area contributed by atoms with E-state index < -0.39 is 89.8 Å². The smallest absolute Gasteiger partial charge is 0.286 e. The minimum atomic E-state index is -4.11. The Morgan fingerprint density at radius 2 is 0.956 bits per heavy atom. The minimum Gasteiger partial charge on any atom is -0.369 e. The third-order valence-electron chi connectivity index (χ3n) is 14.0. The summed E-state index contributed by atoms with van der Waals surface area (Å²) in [5, 5.41) is 0.803. The van der Waals surface area contributed by atoms with Gasteiger partial charge in [-0.1, -0.05) is 131 Å². The number of rotatable bonds is 22. The van der Waals surface area contributed by atoms with E-state index in [0.717, 1.165) is 46.5 Å². The summed E-state index contributed by atoms with van der Waals surface area (Å²) in [4.78, 5) is 42.4.